The van der Waals surface area contributed by atoms with Crippen molar-refractivity contribution < 1.29 is 19.4 Å². The molecule has 27 heavy (non-hydrogen) atoms. The van der Waals surface area contributed by atoms with E-state index in [-0.39, 0.29) is 24.0 Å². The molecule has 1 aliphatic heterocycles. The average Bonchev–Trinajstić information content (AvgIpc) is 2.65. The fourth-order valence-electron chi connectivity index (χ4n) is 2.94. The van der Waals surface area contributed by atoms with E-state index in [0.29, 0.717) is 36.6 Å². The molecular weight excluding hydrogens is 342 g/mol. The summed E-state index contributed by atoms with van der Waals surface area (Å²) in [7, 11) is 0. The SMILES string of the molecule is CC(C)(C)c1ccc(CCC(=O)Nc2ccc3c(c2)OC[C@@H](CO)O3)cc1. The molecule has 1 atom stereocenters. The van der Waals surface area contributed by atoms with Crippen LogP contribution in [0.2, 0.25) is 0 Å². The van der Waals surface area contributed by atoms with Gasteiger partial charge in [-0.3, -0.25) is 4.79 Å². The lowest BCUT2D eigenvalue weighted by atomic mass is 9.86. The average molecular weight is 369 g/mol. The third kappa shape index (κ3) is 5.01. The molecule has 0 aromatic heterocycles. The van der Waals surface area contributed by atoms with E-state index in [9.17, 15) is 4.79 Å². The van der Waals surface area contributed by atoms with Gasteiger partial charge in [-0.25, -0.2) is 0 Å². The molecule has 0 saturated carbocycles. The number of nitrogens with one attached hydrogen (secondary N) is 1. The number of anilines is 1. The number of benzene rings is 2. The van der Waals surface area contributed by atoms with Crippen molar-refractivity contribution in [3.05, 3.63) is 53.6 Å². The Morgan fingerprint density at radius 2 is 1.89 bits per heavy atom. The summed E-state index contributed by atoms with van der Waals surface area (Å²) in [5.74, 6) is 1.12. The van der Waals surface area contributed by atoms with E-state index < -0.39 is 0 Å². The Hall–Kier alpha value is -2.53. The highest BCUT2D eigenvalue weighted by molar-refractivity contribution is 5.91. The minimum Gasteiger partial charge on any atom is -0.486 e. The molecule has 2 N–H and O–H groups in total. The van der Waals surface area contributed by atoms with Crippen molar-refractivity contribution in [3.8, 4) is 11.5 Å². The van der Waals surface area contributed by atoms with Gasteiger partial charge in [0, 0.05) is 18.2 Å². The molecule has 0 fully saturated rings. The van der Waals surface area contributed by atoms with E-state index in [1.807, 2.05) is 0 Å². The number of amides is 1. The Kier molecular flexibility index (Phi) is 5.71. The second-order valence-electron chi connectivity index (χ2n) is 7.89. The van der Waals surface area contributed by atoms with Gasteiger partial charge in [-0.05, 0) is 35.1 Å². The number of hydrogen-bond donors (Lipinski definition) is 2. The van der Waals surface area contributed by atoms with Gasteiger partial charge in [0.25, 0.3) is 0 Å². The third-order valence-corrected chi connectivity index (χ3v) is 4.61. The number of aliphatic hydroxyl groups excluding tert-OH is 1. The van der Waals surface area contributed by atoms with Crippen molar-refractivity contribution in [3.63, 3.8) is 0 Å². The summed E-state index contributed by atoms with van der Waals surface area (Å²) in [4.78, 5) is 12.3. The Morgan fingerprint density at radius 1 is 1.15 bits per heavy atom. The van der Waals surface area contributed by atoms with Crippen molar-refractivity contribution in [2.75, 3.05) is 18.5 Å². The second kappa shape index (κ2) is 8.01. The summed E-state index contributed by atoms with van der Waals surface area (Å²) in [6.45, 7) is 6.77. The van der Waals surface area contributed by atoms with Gasteiger partial charge in [0.1, 0.15) is 6.61 Å². The van der Waals surface area contributed by atoms with Gasteiger partial charge in [-0.2, -0.15) is 0 Å². The van der Waals surface area contributed by atoms with Crippen LogP contribution in [0.5, 0.6) is 11.5 Å². The van der Waals surface area contributed by atoms with Crippen molar-refractivity contribution in [2.45, 2.75) is 45.1 Å². The highest BCUT2D eigenvalue weighted by Gasteiger charge is 2.20. The molecule has 2 aromatic carbocycles. The lowest BCUT2D eigenvalue weighted by Crippen LogP contribution is -2.32. The molecular formula is C22H27NO4. The van der Waals surface area contributed by atoms with E-state index in [2.05, 4.69) is 50.4 Å². The maximum Gasteiger partial charge on any atom is 0.224 e. The molecule has 1 amide bonds. The number of aryl methyl sites for hydroxylation is 1. The van der Waals surface area contributed by atoms with Gasteiger partial charge in [-0.1, -0.05) is 45.0 Å². The number of aliphatic hydroxyl groups is 1. The van der Waals surface area contributed by atoms with E-state index >= 15 is 0 Å². The minimum atomic E-state index is -0.345. The molecule has 0 aliphatic carbocycles. The maximum atomic E-state index is 12.3. The van der Waals surface area contributed by atoms with Gasteiger partial charge in [0.05, 0.1) is 6.61 Å². The molecule has 0 saturated heterocycles. The van der Waals surface area contributed by atoms with Crippen molar-refractivity contribution in [1.29, 1.82) is 0 Å². The molecule has 2 aromatic rings. The predicted molar refractivity (Wildman–Crippen MR) is 106 cm³/mol. The first-order valence-corrected chi connectivity index (χ1v) is 9.29. The number of fused-ring (bicyclic) bond motifs is 1. The molecule has 0 radical (unpaired) electrons. The van der Waals surface area contributed by atoms with Crippen LogP contribution in [0.1, 0.15) is 38.3 Å². The lowest BCUT2D eigenvalue weighted by molar-refractivity contribution is -0.116. The molecule has 5 nitrogen and oxygen atoms in total. The molecule has 1 aliphatic rings. The van der Waals surface area contributed by atoms with Crippen LogP contribution in [0, 0.1) is 0 Å². The van der Waals surface area contributed by atoms with Crippen LogP contribution in [0.15, 0.2) is 42.5 Å². The lowest BCUT2D eigenvalue weighted by Gasteiger charge is -2.25. The van der Waals surface area contributed by atoms with Crippen molar-refractivity contribution >= 4 is 11.6 Å². The van der Waals surface area contributed by atoms with Crippen LogP contribution < -0.4 is 14.8 Å². The van der Waals surface area contributed by atoms with Gasteiger partial charge in [0.2, 0.25) is 5.91 Å². The van der Waals surface area contributed by atoms with Crippen LogP contribution in [0.4, 0.5) is 5.69 Å². The number of hydrogen-bond acceptors (Lipinski definition) is 4. The third-order valence-electron chi connectivity index (χ3n) is 4.61. The fourth-order valence-corrected chi connectivity index (χ4v) is 2.94. The zero-order valence-electron chi connectivity index (χ0n) is 16.1. The highest BCUT2D eigenvalue weighted by Crippen LogP contribution is 2.34. The van der Waals surface area contributed by atoms with E-state index in [4.69, 9.17) is 14.6 Å². The Labute approximate surface area is 160 Å². The molecule has 144 valence electrons. The molecule has 1 heterocycles. The number of ether oxygens (including phenoxy) is 2. The monoisotopic (exact) mass is 369 g/mol. The van der Waals surface area contributed by atoms with E-state index in [0.717, 1.165) is 5.56 Å². The first kappa shape index (κ1) is 19.2. The van der Waals surface area contributed by atoms with E-state index in [1.165, 1.54) is 5.56 Å². The summed E-state index contributed by atoms with van der Waals surface area (Å²) in [6.07, 6.45) is 0.761. The van der Waals surface area contributed by atoms with Gasteiger partial charge in [-0.15, -0.1) is 0 Å². The molecule has 0 spiro atoms. The standard InChI is InChI=1S/C22H27NO4/c1-22(2,3)16-7-4-15(5-8-16)6-11-21(25)23-17-9-10-19-20(12-17)26-14-18(13-24)27-19/h4-5,7-10,12,18,24H,6,11,13-14H2,1-3H3,(H,23,25)/t18-/m1/s1. The zero-order chi connectivity index (χ0) is 19.4. The Balaban J connectivity index is 1.54. The maximum absolute atomic E-state index is 12.3. The smallest absolute Gasteiger partial charge is 0.224 e. The summed E-state index contributed by atoms with van der Waals surface area (Å²) in [5, 5.41) is 12.0. The summed E-state index contributed by atoms with van der Waals surface area (Å²) in [5.41, 5.74) is 3.24. The fraction of sp³-hybridized carbons (Fsp3) is 0.409. The normalized spacial score (nSPS) is 16.1. The van der Waals surface area contributed by atoms with Crippen LogP contribution in [0.3, 0.4) is 0 Å². The Morgan fingerprint density at radius 3 is 2.56 bits per heavy atom. The van der Waals surface area contributed by atoms with Crippen LogP contribution in [0.25, 0.3) is 0 Å². The van der Waals surface area contributed by atoms with Gasteiger partial charge in [0.15, 0.2) is 17.6 Å². The number of carbonyl (C=O) groups excluding carboxylic acids is 1. The van der Waals surface area contributed by atoms with Gasteiger partial charge >= 0.3 is 0 Å². The van der Waals surface area contributed by atoms with Crippen LogP contribution in [-0.4, -0.2) is 30.3 Å². The largest absolute Gasteiger partial charge is 0.486 e. The predicted octanol–water partition coefficient (Wildman–Crippen LogP) is 3.69. The van der Waals surface area contributed by atoms with Crippen LogP contribution in [-0.2, 0) is 16.6 Å². The van der Waals surface area contributed by atoms with Crippen LogP contribution >= 0.6 is 0 Å². The zero-order valence-corrected chi connectivity index (χ0v) is 16.1. The molecule has 5 heteroatoms. The summed E-state index contributed by atoms with van der Waals surface area (Å²) >= 11 is 0. The topological polar surface area (TPSA) is 67.8 Å². The minimum absolute atomic E-state index is 0.0418. The van der Waals surface area contributed by atoms with Crippen molar-refractivity contribution in [1.82, 2.24) is 0 Å². The first-order valence-electron chi connectivity index (χ1n) is 9.29. The number of rotatable bonds is 5. The summed E-state index contributed by atoms with van der Waals surface area (Å²) in [6, 6.07) is 13.7. The molecule has 3 rings (SSSR count). The van der Waals surface area contributed by atoms with Gasteiger partial charge < -0.3 is 19.9 Å². The van der Waals surface area contributed by atoms with E-state index in [1.54, 1.807) is 18.2 Å². The molecule has 0 bridgehead atoms. The highest BCUT2D eigenvalue weighted by atomic mass is 16.6. The Bertz CT molecular complexity index is 793. The quantitative estimate of drug-likeness (QED) is 0.843. The first-order chi connectivity index (χ1) is 12.8. The summed E-state index contributed by atoms with van der Waals surface area (Å²) < 4.78 is 11.2. The second-order valence-corrected chi connectivity index (χ2v) is 7.89. The number of carbonyl (C=O) groups is 1. The van der Waals surface area contributed by atoms with Crippen molar-refractivity contribution in [2.24, 2.45) is 0 Å². The molecule has 0 unspecified atom stereocenters.